The first-order valence-electron chi connectivity index (χ1n) is 12.7. The Morgan fingerprint density at radius 3 is 1.82 bits per heavy atom. The van der Waals surface area contributed by atoms with Crippen molar-refractivity contribution in [2.75, 3.05) is 6.61 Å². The van der Waals surface area contributed by atoms with Gasteiger partial charge in [-0.05, 0) is 16.7 Å². The molecule has 1 aliphatic heterocycles. The van der Waals surface area contributed by atoms with Crippen molar-refractivity contribution in [2.45, 2.75) is 44.4 Å². The first-order chi connectivity index (χ1) is 19.1. The van der Waals surface area contributed by atoms with Crippen LogP contribution in [0, 0.1) is 5.82 Å². The number of aromatic amines is 1. The minimum absolute atomic E-state index is 0.136. The average Bonchev–Trinajstić information content (AvgIpc) is 3.31. The van der Waals surface area contributed by atoms with Crippen LogP contribution in [-0.4, -0.2) is 34.5 Å². The molecular formula is C30H29FN2O6. The molecule has 0 spiro atoms. The van der Waals surface area contributed by atoms with Crippen molar-refractivity contribution in [1.29, 1.82) is 0 Å². The minimum Gasteiger partial charge on any atom is -0.374 e. The molecule has 0 amide bonds. The fourth-order valence-corrected chi connectivity index (χ4v) is 4.50. The first kappa shape index (κ1) is 26.7. The van der Waals surface area contributed by atoms with Crippen LogP contribution in [0.4, 0.5) is 4.39 Å². The van der Waals surface area contributed by atoms with Gasteiger partial charge in [0.15, 0.2) is 6.23 Å². The van der Waals surface area contributed by atoms with Crippen LogP contribution in [0.1, 0.15) is 22.9 Å². The molecule has 0 unspecified atom stereocenters. The molecule has 8 nitrogen and oxygen atoms in total. The molecule has 1 aromatic heterocycles. The van der Waals surface area contributed by atoms with E-state index in [0.717, 1.165) is 27.5 Å². The average molecular weight is 533 g/mol. The Balaban J connectivity index is 1.43. The molecule has 2 heterocycles. The van der Waals surface area contributed by atoms with Crippen molar-refractivity contribution in [1.82, 2.24) is 9.55 Å². The number of rotatable bonds is 11. The molecule has 9 heteroatoms. The minimum atomic E-state index is -1.11. The Morgan fingerprint density at radius 1 is 0.744 bits per heavy atom. The van der Waals surface area contributed by atoms with E-state index in [2.05, 4.69) is 0 Å². The van der Waals surface area contributed by atoms with Gasteiger partial charge >= 0.3 is 5.69 Å². The van der Waals surface area contributed by atoms with Crippen molar-refractivity contribution >= 4 is 0 Å². The molecule has 1 N–H and O–H groups in total. The predicted molar refractivity (Wildman–Crippen MR) is 141 cm³/mol. The zero-order valence-electron chi connectivity index (χ0n) is 21.2. The molecule has 4 atom stereocenters. The molecule has 4 aromatic rings. The molecule has 5 rings (SSSR count). The third-order valence-electron chi connectivity index (χ3n) is 6.45. The second-order valence-corrected chi connectivity index (χ2v) is 9.23. The van der Waals surface area contributed by atoms with E-state index < -0.39 is 41.6 Å². The monoisotopic (exact) mass is 532 g/mol. The second-order valence-electron chi connectivity index (χ2n) is 9.23. The number of benzene rings is 3. The molecule has 202 valence electrons. The lowest BCUT2D eigenvalue weighted by molar-refractivity contribution is -0.0922. The van der Waals surface area contributed by atoms with E-state index in [4.69, 9.17) is 18.9 Å². The summed E-state index contributed by atoms with van der Waals surface area (Å²) in [6, 6.07) is 28.8. The van der Waals surface area contributed by atoms with Gasteiger partial charge in [0, 0.05) is 0 Å². The maximum atomic E-state index is 14.3. The standard InChI is InChI=1S/C30H29FN2O6/c31-24-16-33(30(35)32-28(24)34)29-27(38-19-23-14-8-3-9-15-23)26(37-18-22-12-6-2-7-13-22)25(39-29)20-36-17-21-10-4-1-5-11-21/h1-16,25-27,29H,17-20H2,(H,32,34,35)/t25-,26-,27-,29+/m1/s1. The maximum Gasteiger partial charge on any atom is 0.330 e. The highest BCUT2D eigenvalue weighted by Gasteiger charge is 2.48. The molecule has 1 fully saturated rings. The number of halogens is 1. The molecule has 0 bridgehead atoms. The number of ether oxygens (including phenoxy) is 4. The number of hydrogen-bond acceptors (Lipinski definition) is 6. The van der Waals surface area contributed by atoms with Gasteiger partial charge < -0.3 is 18.9 Å². The number of H-pyrrole nitrogens is 1. The molecule has 39 heavy (non-hydrogen) atoms. The summed E-state index contributed by atoms with van der Waals surface area (Å²) in [6.45, 7) is 0.946. The Labute approximate surface area is 224 Å². The summed E-state index contributed by atoms with van der Waals surface area (Å²) in [6.07, 6.45) is -2.37. The van der Waals surface area contributed by atoms with Gasteiger partial charge in [0.2, 0.25) is 5.82 Å². The van der Waals surface area contributed by atoms with Crippen LogP contribution >= 0.6 is 0 Å². The summed E-state index contributed by atoms with van der Waals surface area (Å²) in [5, 5.41) is 0. The molecule has 0 aliphatic carbocycles. The molecule has 1 aliphatic rings. The van der Waals surface area contributed by atoms with Crippen LogP contribution < -0.4 is 11.2 Å². The number of nitrogens with zero attached hydrogens (tertiary/aromatic N) is 1. The summed E-state index contributed by atoms with van der Waals surface area (Å²) in [7, 11) is 0. The Hall–Kier alpha value is -3.89. The smallest absolute Gasteiger partial charge is 0.330 e. The summed E-state index contributed by atoms with van der Waals surface area (Å²) >= 11 is 0. The molecular weight excluding hydrogens is 503 g/mol. The lowest BCUT2D eigenvalue weighted by Crippen LogP contribution is -2.41. The predicted octanol–water partition coefficient (Wildman–Crippen LogP) is 3.96. The third kappa shape index (κ3) is 6.76. The van der Waals surface area contributed by atoms with Gasteiger partial charge in [0.1, 0.15) is 18.3 Å². The van der Waals surface area contributed by atoms with Crippen molar-refractivity contribution in [3.8, 4) is 0 Å². The molecule has 1 saturated heterocycles. The summed E-state index contributed by atoms with van der Waals surface area (Å²) in [5.74, 6) is -1.11. The normalized spacial score (nSPS) is 20.7. The van der Waals surface area contributed by atoms with Gasteiger partial charge in [-0.3, -0.25) is 14.3 Å². The largest absolute Gasteiger partial charge is 0.374 e. The van der Waals surface area contributed by atoms with E-state index >= 15 is 0 Å². The molecule has 3 aromatic carbocycles. The van der Waals surface area contributed by atoms with E-state index in [9.17, 15) is 14.0 Å². The van der Waals surface area contributed by atoms with E-state index in [0.29, 0.717) is 6.61 Å². The maximum absolute atomic E-state index is 14.3. The highest BCUT2D eigenvalue weighted by atomic mass is 19.1. The molecule has 0 radical (unpaired) electrons. The summed E-state index contributed by atoms with van der Waals surface area (Å²) in [5.41, 5.74) is 0.924. The van der Waals surface area contributed by atoms with Gasteiger partial charge in [-0.1, -0.05) is 91.0 Å². The summed E-state index contributed by atoms with van der Waals surface area (Å²) in [4.78, 5) is 26.4. The number of aromatic nitrogens is 2. The third-order valence-corrected chi connectivity index (χ3v) is 6.45. The van der Waals surface area contributed by atoms with Crippen LogP contribution in [0.5, 0.6) is 0 Å². The van der Waals surface area contributed by atoms with Gasteiger partial charge in [0.25, 0.3) is 5.56 Å². The zero-order valence-corrected chi connectivity index (χ0v) is 21.2. The Kier molecular flexibility index (Phi) is 8.75. The fraction of sp³-hybridized carbons (Fsp3) is 0.267. The van der Waals surface area contributed by atoms with E-state index in [1.54, 1.807) is 0 Å². The first-order valence-corrected chi connectivity index (χ1v) is 12.7. The van der Waals surface area contributed by atoms with E-state index in [1.165, 1.54) is 0 Å². The highest BCUT2D eigenvalue weighted by Crippen LogP contribution is 2.34. The van der Waals surface area contributed by atoms with E-state index in [-0.39, 0.29) is 19.8 Å². The van der Waals surface area contributed by atoms with Crippen LogP contribution in [0.3, 0.4) is 0 Å². The summed E-state index contributed by atoms with van der Waals surface area (Å²) < 4.78 is 40.2. The van der Waals surface area contributed by atoms with Crippen LogP contribution in [0.15, 0.2) is 107 Å². The fourth-order valence-electron chi connectivity index (χ4n) is 4.50. The molecule has 0 saturated carbocycles. The lowest BCUT2D eigenvalue weighted by atomic mass is 10.1. The topological polar surface area (TPSA) is 91.8 Å². The zero-order chi connectivity index (χ0) is 27.0. The van der Waals surface area contributed by atoms with Crippen molar-refractivity contribution in [2.24, 2.45) is 0 Å². The van der Waals surface area contributed by atoms with Crippen molar-refractivity contribution in [3.63, 3.8) is 0 Å². The number of nitrogens with one attached hydrogen (secondary N) is 1. The van der Waals surface area contributed by atoms with Crippen LogP contribution in [0.2, 0.25) is 0 Å². The van der Waals surface area contributed by atoms with Gasteiger partial charge in [-0.25, -0.2) is 4.79 Å². The SMILES string of the molecule is O=c1[nH]c(=O)n([C@H]2O[C@H](COCc3ccccc3)[C@@H](OCc3ccccc3)[C@H]2OCc2ccccc2)cc1F. The lowest BCUT2D eigenvalue weighted by Gasteiger charge is -2.25. The number of hydrogen-bond donors (Lipinski definition) is 1. The van der Waals surface area contributed by atoms with Crippen LogP contribution in [-0.2, 0) is 38.8 Å². The van der Waals surface area contributed by atoms with Crippen molar-refractivity contribution < 1.29 is 23.3 Å². The Bertz CT molecular complexity index is 1450. The van der Waals surface area contributed by atoms with Gasteiger partial charge in [-0.2, -0.15) is 4.39 Å². The van der Waals surface area contributed by atoms with E-state index in [1.807, 2.05) is 96.0 Å². The van der Waals surface area contributed by atoms with Crippen molar-refractivity contribution in [3.05, 3.63) is 141 Å². The second kappa shape index (κ2) is 12.8. The van der Waals surface area contributed by atoms with Crippen LogP contribution in [0.25, 0.3) is 0 Å². The highest BCUT2D eigenvalue weighted by molar-refractivity contribution is 5.15. The van der Waals surface area contributed by atoms with Gasteiger partial charge in [-0.15, -0.1) is 0 Å². The van der Waals surface area contributed by atoms with Gasteiger partial charge in [0.05, 0.1) is 32.6 Å². The quantitative estimate of drug-likeness (QED) is 0.315. The Morgan fingerprint density at radius 2 is 1.26 bits per heavy atom.